The molecule has 1 fully saturated rings. The molecule has 0 radical (unpaired) electrons. The van der Waals surface area contributed by atoms with Gasteiger partial charge in [-0.25, -0.2) is 0 Å². The monoisotopic (exact) mass is 200 g/mol. The van der Waals surface area contributed by atoms with Crippen LogP contribution in [0.5, 0.6) is 0 Å². The Kier molecular flexibility index (Phi) is 5.12. The largest absolute Gasteiger partial charge is 0.381 e. The maximum absolute atomic E-state index is 10.8. The lowest BCUT2D eigenvalue weighted by atomic mass is 10.0. The molecular formula is C11H20O3. The Morgan fingerprint density at radius 3 is 2.71 bits per heavy atom. The topological polar surface area (TPSA) is 35.5 Å². The van der Waals surface area contributed by atoms with Gasteiger partial charge in [0.1, 0.15) is 5.78 Å². The summed E-state index contributed by atoms with van der Waals surface area (Å²) in [5.41, 5.74) is 0. The molecule has 0 N–H and O–H groups in total. The minimum absolute atomic E-state index is 0.0651. The third-order valence-electron chi connectivity index (χ3n) is 2.53. The van der Waals surface area contributed by atoms with E-state index in [4.69, 9.17) is 9.47 Å². The molecule has 3 nitrogen and oxygen atoms in total. The van der Waals surface area contributed by atoms with Gasteiger partial charge in [0.2, 0.25) is 0 Å². The first-order valence-electron chi connectivity index (χ1n) is 5.37. The number of ether oxygens (including phenoxy) is 2. The molecule has 0 aromatic rings. The van der Waals surface area contributed by atoms with Crippen molar-refractivity contribution in [2.75, 3.05) is 19.8 Å². The Bertz CT molecular complexity index is 173. The lowest BCUT2D eigenvalue weighted by molar-refractivity contribution is -0.120. The minimum atomic E-state index is 0.0651. The van der Waals surface area contributed by atoms with Crippen LogP contribution >= 0.6 is 0 Å². The summed E-state index contributed by atoms with van der Waals surface area (Å²) in [5, 5.41) is 0. The first kappa shape index (κ1) is 11.7. The summed E-state index contributed by atoms with van der Waals surface area (Å²) in [5.74, 6) is 0.822. The number of ketones is 1. The first-order valence-corrected chi connectivity index (χ1v) is 5.37. The average Bonchev–Trinajstić information content (AvgIpc) is 2.15. The summed E-state index contributed by atoms with van der Waals surface area (Å²) in [6.07, 6.45) is 2.78. The summed E-state index contributed by atoms with van der Waals surface area (Å²) >= 11 is 0. The minimum Gasteiger partial charge on any atom is -0.381 e. The Morgan fingerprint density at radius 2 is 2.14 bits per heavy atom. The van der Waals surface area contributed by atoms with Crippen molar-refractivity contribution in [3.05, 3.63) is 0 Å². The molecule has 1 unspecified atom stereocenters. The lowest BCUT2D eigenvalue weighted by Crippen LogP contribution is -2.23. The third-order valence-corrected chi connectivity index (χ3v) is 2.53. The van der Waals surface area contributed by atoms with Crippen molar-refractivity contribution in [2.45, 2.75) is 39.2 Å². The number of carbonyl (C=O) groups excluding carboxylic acids is 1. The molecule has 1 heterocycles. The first-order chi connectivity index (χ1) is 6.68. The average molecular weight is 200 g/mol. The van der Waals surface area contributed by atoms with Crippen LogP contribution in [-0.4, -0.2) is 31.7 Å². The standard InChI is InChI=1S/C11H20O3/c1-9(12)7-10(2)14-8-11-3-5-13-6-4-11/h10-11H,3-8H2,1-2H3. The van der Waals surface area contributed by atoms with E-state index in [0.717, 1.165) is 32.7 Å². The molecule has 0 aromatic heterocycles. The summed E-state index contributed by atoms with van der Waals surface area (Å²) in [6.45, 7) is 6.05. The van der Waals surface area contributed by atoms with Gasteiger partial charge in [-0.05, 0) is 32.6 Å². The van der Waals surface area contributed by atoms with E-state index in [0.29, 0.717) is 12.3 Å². The zero-order chi connectivity index (χ0) is 10.4. The maximum Gasteiger partial charge on any atom is 0.132 e. The molecule has 3 heteroatoms. The molecule has 1 aliphatic rings. The predicted octanol–water partition coefficient (Wildman–Crippen LogP) is 1.80. The molecule has 0 aliphatic carbocycles. The van der Waals surface area contributed by atoms with Crippen molar-refractivity contribution in [1.29, 1.82) is 0 Å². The van der Waals surface area contributed by atoms with Crippen LogP contribution < -0.4 is 0 Å². The lowest BCUT2D eigenvalue weighted by Gasteiger charge is -2.23. The quantitative estimate of drug-likeness (QED) is 0.678. The van der Waals surface area contributed by atoms with Crippen LogP contribution in [0.15, 0.2) is 0 Å². The van der Waals surface area contributed by atoms with E-state index >= 15 is 0 Å². The molecule has 1 rings (SSSR count). The van der Waals surface area contributed by atoms with Gasteiger partial charge in [-0.3, -0.25) is 4.79 Å². The number of rotatable bonds is 5. The van der Waals surface area contributed by atoms with Gasteiger partial charge in [-0.2, -0.15) is 0 Å². The smallest absolute Gasteiger partial charge is 0.132 e. The fourth-order valence-corrected chi connectivity index (χ4v) is 1.68. The van der Waals surface area contributed by atoms with E-state index in [-0.39, 0.29) is 11.9 Å². The van der Waals surface area contributed by atoms with Crippen LogP contribution in [-0.2, 0) is 14.3 Å². The second kappa shape index (κ2) is 6.14. The Hall–Kier alpha value is -0.410. The van der Waals surface area contributed by atoms with Gasteiger partial charge >= 0.3 is 0 Å². The molecule has 1 saturated heterocycles. The molecule has 0 bridgehead atoms. The Labute approximate surface area is 85.8 Å². The van der Waals surface area contributed by atoms with Gasteiger partial charge < -0.3 is 9.47 Å². The van der Waals surface area contributed by atoms with E-state index in [2.05, 4.69) is 0 Å². The Morgan fingerprint density at radius 1 is 1.50 bits per heavy atom. The maximum atomic E-state index is 10.8. The highest BCUT2D eigenvalue weighted by Crippen LogP contribution is 2.15. The van der Waals surface area contributed by atoms with Gasteiger partial charge in [0.15, 0.2) is 0 Å². The third kappa shape index (κ3) is 4.72. The molecule has 82 valence electrons. The van der Waals surface area contributed by atoms with E-state index in [9.17, 15) is 4.79 Å². The van der Waals surface area contributed by atoms with Crippen molar-refractivity contribution in [2.24, 2.45) is 5.92 Å². The fourth-order valence-electron chi connectivity index (χ4n) is 1.68. The van der Waals surface area contributed by atoms with Gasteiger partial charge in [0.25, 0.3) is 0 Å². The van der Waals surface area contributed by atoms with E-state index in [1.54, 1.807) is 6.92 Å². The highest BCUT2D eigenvalue weighted by Gasteiger charge is 2.15. The number of carbonyl (C=O) groups is 1. The zero-order valence-electron chi connectivity index (χ0n) is 9.12. The fraction of sp³-hybridized carbons (Fsp3) is 0.909. The van der Waals surface area contributed by atoms with Crippen molar-refractivity contribution in [3.8, 4) is 0 Å². The number of Topliss-reactive ketones (excluding diaryl/α,β-unsaturated/α-hetero) is 1. The van der Waals surface area contributed by atoms with Gasteiger partial charge in [0, 0.05) is 26.2 Å². The highest BCUT2D eigenvalue weighted by atomic mass is 16.5. The summed E-state index contributed by atoms with van der Waals surface area (Å²) in [6, 6.07) is 0. The Balaban J connectivity index is 2.09. The molecule has 1 aliphatic heterocycles. The van der Waals surface area contributed by atoms with Crippen molar-refractivity contribution in [1.82, 2.24) is 0 Å². The summed E-state index contributed by atoms with van der Waals surface area (Å²) in [7, 11) is 0. The second-order valence-corrected chi connectivity index (χ2v) is 4.11. The second-order valence-electron chi connectivity index (χ2n) is 4.11. The van der Waals surface area contributed by atoms with Crippen molar-refractivity contribution >= 4 is 5.78 Å². The van der Waals surface area contributed by atoms with Crippen LogP contribution in [0.1, 0.15) is 33.1 Å². The summed E-state index contributed by atoms with van der Waals surface area (Å²) < 4.78 is 10.9. The molecular weight excluding hydrogens is 180 g/mol. The normalized spacial score (nSPS) is 20.7. The number of hydrogen-bond acceptors (Lipinski definition) is 3. The van der Waals surface area contributed by atoms with Gasteiger partial charge in [0.05, 0.1) is 6.10 Å². The van der Waals surface area contributed by atoms with E-state index in [1.807, 2.05) is 6.92 Å². The molecule has 0 saturated carbocycles. The van der Waals surface area contributed by atoms with E-state index in [1.165, 1.54) is 0 Å². The van der Waals surface area contributed by atoms with Crippen molar-refractivity contribution in [3.63, 3.8) is 0 Å². The summed E-state index contributed by atoms with van der Waals surface area (Å²) in [4.78, 5) is 10.8. The molecule has 0 aromatic carbocycles. The van der Waals surface area contributed by atoms with Crippen LogP contribution in [0.3, 0.4) is 0 Å². The highest BCUT2D eigenvalue weighted by molar-refractivity contribution is 5.75. The van der Waals surface area contributed by atoms with Gasteiger partial charge in [-0.15, -0.1) is 0 Å². The molecule has 14 heavy (non-hydrogen) atoms. The zero-order valence-corrected chi connectivity index (χ0v) is 9.12. The molecule has 1 atom stereocenters. The van der Waals surface area contributed by atoms with Crippen LogP contribution in [0.2, 0.25) is 0 Å². The molecule has 0 amide bonds. The SMILES string of the molecule is CC(=O)CC(C)OCC1CCOCC1. The predicted molar refractivity (Wildman–Crippen MR) is 54.3 cm³/mol. The van der Waals surface area contributed by atoms with Gasteiger partial charge in [-0.1, -0.05) is 0 Å². The molecule has 0 spiro atoms. The van der Waals surface area contributed by atoms with Crippen LogP contribution in [0, 0.1) is 5.92 Å². The van der Waals surface area contributed by atoms with Crippen LogP contribution in [0.25, 0.3) is 0 Å². The number of hydrogen-bond donors (Lipinski definition) is 0. The van der Waals surface area contributed by atoms with E-state index < -0.39 is 0 Å². The van der Waals surface area contributed by atoms with Crippen LogP contribution in [0.4, 0.5) is 0 Å². The van der Waals surface area contributed by atoms with Crippen molar-refractivity contribution < 1.29 is 14.3 Å².